The van der Waals surface area contributed by atoms with Crippen LogP contribution in [-0.4, -0.2) is 71.9 Å². The van der Waals surface area contributed by atoms with E-state index in [-0.39, 0.29) is 35.7 Å². The molecule has 3 aromatic heterocycles. The number of piperidine rings is 1. The summed E-state index contributed by atoms with van der Waals surface area (Å²) in [6.45, 7) is 1.05. The molecular formula is C28H29N7O5. The van der Waals surface area contributed by atoms with E-state index in [1.807, 2.05) is 4.90 Å². The fourth-order valence-corrected chi connectivity index (χ4v) is 5.10. The van der Waals surface area contributed by atoms with Gasteiger partial charge in [-0.15, -0.1) is 0 Å². The number of carbonyl (C=O) groups is 2. The number of aliphatic hydroxyl groups is 1. The van der Waals surface area contributed by atoms with Crippen LogP contribution in [0.1, 0.15) is 36.0 Å². The Morgan fingerprint density at radius 3 is 2.70 bits per heavy atom. The first kappa shape index (κ1) is 25.7. The van der Waals surface area contributed by atoms with E-state index in [1.54, 1.807) is 42.6 Å². The van der Waals surface area contributed by atoms with Gasteiger partial charge in [-0.1, -0.05) is 6.07 Å². The molecule has 2 N–H and O–H groups in total. The molecule has 0 radical (unpaired) electrons. The van der Waals surface area contributed by atoms with Crippen molar-refractivity contribution >= 4 is 28.5 Å². The second-order valence-corrected chi connectivity index (χ2v) is 10.4. The summed E-state index contributed by atoms with van der Waals surface area (Å²) in [5, 5.41) is 18.7. The van der Waals surface area contributed by atoms with Crippen LogP contribution in [0, 0.1) is 5.92 Å². The molecule has 0 atom stereocenters. The van der Waals surface area contributed by atoms with Gasteiger partial charge in [0.2, 0.25) is 11.8 Å². The summed E-state index contributed by atoms with van der Waals surface area (Å²) in [7, 11) is 1.45. The summed E-state index contributed by atoms with van der Waals surface area (Å²) >= 11 is 0. The van der Waals surface area contributed by atoms with E-state index in [9.17, 15) is 19.5 Å². The van der Waals surface area contributed by atoms with Crippen molar-refractivity contribution in [3.8, 4) is 11.6 Å². The second-order valence-electron chi connectivity index (χ2n) is 10.4. The number of hydrogen-bond donors (Lipinski definition) is 2. The van der Waals surface area contributed by atoms with Crippen molar-refractivity contribution in [3.05, 3.63) is 71.0 Å². The molecule has 1 saturated carbocycles. The molecular weight excluding hydrogens is 514 g/mol. The number of nitrogens with one attached hydrogen (secondary N) is 1. The van der Waals surface area contributed by atoms with Crippen LogP contribution in [-0.2, 0) is 11.3 Å². The van der Waals surface area contributed by atoms with Crippen LogP contribution < -0.4 is 15.6 Å². The van der Waals surface area contributed by atoms with E-state index >= 15 is 0 Å². The van der Waals surface area contributed by atoms with E-state index in [1.165, 1.54) is 28.9 Å². The van der Waals surface area contributed by atoms with Crippen molar-refractivity contribution in [3.63, 3.8) is 0 Å². The summed E-state index contributed by atoms with van der Waals surface area (Å²) in [5.74, 6) is 0.166. The zero-order valence-electron chi connectivity index (χ0n) is 22.0. The number of methoxy groups -OCH3 is 1. The molecule has 1 aliphatic heterocycles. The lowest BCUT2D eigenvalue weighted by Gasteiger charge is -2.38. The zero-order valence-corrected chi connectivity index (χ0v) is 22.0. The van der Waals surface area contributed by atoms with Crippen LogP contribution >= 0.6 is 0 Å². The molecule has 6 rings (SSSR count). The Morgan fingerprint density at radius 1 is 1.15 bits per heavy atom. The van der Waals surface area contributed by atoms with Crippen LogP contribution in [0.5, 0.6) is 5.88 Å². The minimum Gasteiger partial charge on any atom is -0.480 e. The highest BCUT2D eigenvalue weighted by molar-refractivity contribution is 6.05. The number of amides is 2. The van der Waals surface area contributed by atoms with Gasteiger partial charge in [0.15, 0.2) is 5.65 Å². The maximum Gasteiger partial charge on any atom is 0.264 e. The monoisotopic (exact) mass is 543 g/mol. The first-order valence-corrected chi connectivity index (χ1v) is 13.2. The largest absolute Gasteiger partial charge is 0.480 e. The first-order valence-electron chi connectivity index (χ1n) is 13.2. The van der Waals surface area contributed by atoms with Gasteiger partial charge in [-0.05, 0) is 56.0 Å². The average Bonchev–Trinajstić information content (AvgIpc) is 3.73. The van der Waals surface area contributed by atoms with Crippen molar-refractivity contribution in [1.29, 1.82) is 0 Å². The topological polar surface area (TPSA) is 144 Å². The Morgan fingerprint density at radius 2 is 1.95 bits per heavy atom. The van der Waals surface area contributed by atoms with Crippen LogP contribution in [0.2, 0.25) is 0 Å². The molecule has 0 spiro atoms. The average molecular weight is 544 g/mol. The smallest absolute Gasteiger partial charge is 0.264 e. The maximum atomic E-state index is 13.3. The van der Waals surface area contributed by atoms with E-state index < -0.39 is 5.60 Å². The highest BCUT2D eigenvalue weighted by Gasteiger charge is 2.39. The summed E-state index contributed by atoms with van der Waals surface area (Å²) < 4.78 is 8.11. The number of anilines is 1. The van der Waals surface area contributed by atoms with Crippen molar-refractivity contribution in [2.24, 2.45) is 5.92 Å². The van der Waals surface area contributed by atoms with E-state index in [0.29, 0.717) is 53.9 Å². The lowest BCUT2D eigenvalue weighted by molar-refractivity contribution is -0.137. The molecule has 2 amide bonds. The molecule has 4 heterocycles. The van der Waals surface area contributed by atoms with Crippen molar-refractivity contribution in [2.75, 3.05) is 25.5 Å². The molecule has 4 aromatic rings. The van der Waals surface area contributed by atoms with Gasteiger partial charge in [0.25, 0.3) is 11.5 Å². The standard InChI is InChI=1S/C28H29N7O5/c1-40-25-21(6-3-11-29-25)24(36)32-19-4-2-5-20(14-19)35-23-22(15-31-35)27(38)34(17-30-23)16-28(39)9-12-33(13-10-28)26(37)18-7-8-18/h2-6,11,14-15,17-18,39H,7-10,12-13,16H2,1H3,(H,32,36). The summed E-state index contributed by atoms with van der Waals surface area (Å²) in [5.41, 5.74) is 0.355. The predicted molar refractivity (Wildman–Crippen MR) is 145 cm³/mol. The number of fused-ring (bicyclic) bond motifs is 1. The first-order chi connectivity index (χ1) is 19.3. The lowest BCUT2D eigenvalue weighted by atomic mass is 9.91. The lowest BCUT2D eigenvalue weighted by Crippen LogP contribution is -2.50. The molecule has 1 saturated heterocycles. The number of hydrogen-bond acceptors (Lipinski definition) is 8. The Balaban J connectivity index is 1.20. The maximum absolute atomic E-state index is 13.3. The van der Waals surface area contributed by atoms with Gasteiger partial charge in [-0.25, -0.2) is 14.6 Å². The molecule has 0 bridgehead atoms. The third-order valence-corrected chi connectivity index (χ3v) is 7.51. The third kappa shape index (κ3) is 4.93. The summed E-state index contributed by atoms with van der Waals surface area (Å²) in [6.07, 6.45) is 7.12. The predicted octanol–water partition coefficient (Wildman–Crippen LogP) is 2.00. The minimum atomic E-state index is -1.10. The molecule has 1 aliphatic carbocycles. The third-order valence-electron chi connectivity index (χ3n) is 7.51. The number of aromatic nitrogens is 5. The fraction of sp³-hybridized carbons (Fsp3) is 0.357. The SMILES string of the molecule is COc1ncccc1C(=O)Nc1cccc(-n2ncc3c(=O)n(CC4(O)CCN(C(=O)C5CC5)CC4)cnc32)c1. The molecule has 12 heteroatoms. The molecule has 1 aromatic carbocycles. The van der Waals surface area contributed by atoms with Gasteiger partial charge in [0.1, 0.15) is 17.3 Å². The van der Waals surface area contributed by atoms with Gasteiger partial charge >= 0.3 is 0 Å². The normalized spacial score (nSPS) is 16.6. The molecule has 0 unspecified atom stereocenters. The highest BCUT2D eigenvalue weighted by atomic mass is 16.5. The summed E-state index contributed by atoms with van der Waals surface area (Å²) in [4.78, 5) is 48.8. The quantitative estimate of drug-likeness (QED) is 0.360. The second kappa shape index (κ2) is 10.2. The van der Waals surface area contributed by atoms with E-state index in [0.717, 1.165) is 12.8 Å². The van der Waals surface area contributed by atoms with Crippen LogP contribution in [0.4, 0.5) is 5.69 Å². The van der Waals surface area contributed by atoms with Gasteiger partial charge in [0, 0.05) is 30.9 Å². The van der Waals surface area contributed by atoms with E-state index in [2.05, 4.69) is 20.4 Å². The Kier molecular flexibility index (Phi) is 6.54. The van der Waals surface area contributed by atoms with Crippen LogP contribution in [0.3, 0.4) is 0 Å². The van der Waals surface area contributed by atoms with Crippen molar-refractivity contribution < 1.29 is 19.4 Å². The number of carbonyl (C=O) groups excluding carboxylic acids is 2. The zero-order chi connectivity index (χ0) is 27.9. The van der Waals surface area contributed by atoms with E-state index in [4.69, 9.17) is 4.74 Å². The van der Waals surface area contributed by atoms with Gasteiger partial charge in [-0.3, -0.25) is 19.0 Å². The number of likely N-dealkylation sites (tertiary alicyclic amines) is 1. The number of nitrogens with zero attached hydrogens (tertiary/aromatic N) is 6. The van der Waals surface area contributed by atoms with Gasteiger partial charge in [-0.2, -0.15) is 5.10 Å². The van der Waals surface area contributed by atoms with Crippen molar-refractivity contribution in [2.45, 2.75) is 37.8 Å². The van der Waals surface area contributed by atoms with Crippen LogP contribution in [0.25, 0.3) is 16.7 Å². The number of ether oxygens (including phenoxy) is 1. The Bertz CT molecular complexity index is 1650. The van der Waals surface area contributed by atoms with Gasteiger partial charge in [0.05, 0.1) is 31.1 Å². The number of rotatable bonds is 7. The Hall–Kier alpha value is -4.58. The van der Waals surface area contributed by atoms with Crippen molar-refractivity contribution in [1.82, 2.24) is 29.2 Å². The number of benzene rings is 1. The number of pyridine rings is 1. The molecule has 206 valence electrons. The minimum absolute atomic E-state index is 0.0880. The van der Waals surface area contributed by atoms with Gasteiger partial charge < -0.3 is 20.1 Å². The molecule has 40 heavy (non-hydrogen) atoms. The molecule has 12 nitrogen and oxygen atoms in total. The van der Waals surface area contributed by atoms with Crippen LogP contribution in [0.15, 0.2) is 59.9 Å². The highest BCUT2D eigenvalue weighted by Crippen LogP contribution is 2.33. The Labute approximate surface area is 229 Å². The molecule has 2 fully saturated rings. The summed E-state index contributed by atoms with van der Waals surface area (Å²) in [6, 6.07) is 10.3. The molecule has 2 aliphatic rings. The fourth-order valence-electron chi connectivity index (χ4n) is 5.10.